The average Bonchev–Trinajstić information content (AvgIpc) is 3.12. The van der Waals surface area contributed by atoms with E-state index in [4.69, 9.17) is 0 Å². The van der Waals surface area contributed by atoms with Gasteiger partial charge in [-0.05, 0) is 18.9 Å². The van der Waals surface area contributed by atoms with Gasteiger partial charge < -0.3 is 4.98 Å². The number of nitrogens with zero attached hydrogens (tertiary/aromatic N) is 1. The van der Waals surface area contributed by atoms with Crippen LogP contribution < -0.4 is 5.43 Å². The minimum atomic E-state index is 0.0288. The number of para-hydroxylation sites is 1. The topological polar surface area (TPSA) is 57.2 Å². The summed E-state index contributed by atoms with van der Waals surface area (Å²) in [6.07, 6.45) is 5.55. The maximum atomic E-state index is 11.4. The third-order valence-electron chi connectivity index (χ3n) is 2.95. The van der Waals surface area contributed by atoms with Crippen molar-refractivity contribution in [2.45, 2.75) is 12.8 Å². The number of aromatic amines is 1. The zero-order valence-electron chi connectivity index (χ0n) is 9.31. The lowest BCUT2D eigenvalue weighted by Crippen LogP contribution is -2.18. The van der Waals surface area contributed by atoms with Gasteiger partial charge in [0.25, 0.3) is 0 Å². The Kier molecular flexibility index (Phi) is 2.40. The SMILES string of the molecule is O=C(N/N=C\c1c[nH]c2ccccc12)C1CC1. The second-order valence-electron chi connectivity index (χ2n) is 4.30. The summed E-state index contributed by atoms with van der Waals surface area (Å²) in [6.45, 7) is 0. The van der Waals surface area contributed by atoms with Gasteiger partial charge in [0.15, 0.2) is 0 Å². The number of aromatic nitrogens is 1. The molecule has 1 aliphatic carbocycles. The lowest BCUT2D eigenvalue weighted by molar-refractivity contribution is -0.122. The van der Waals surface area contributed by atoms with E-state index < -0.39 is 0 Å². The van der Waals surface area contributed by atoms with Gasteiger partial charge in [-0.25, -0.2) is 5.43 Å². The van der Waals surface area contributed by atoms with Crippen molar-refractivity contribution in [3.8, 4) is 0 Å². The average molecular weight is 227 g/mol. The molecule has 0 unspecified atom stereocenters. The van der Waals surface area contributed by atoms with Gasteiger partial charge in [0.05, 0.1) is 6.21 Å². The van der Waals surface area contributed by atoms with Crippen LogP contribution in [0.5, 0.6) is 0 Å². The summed E-state index contributed by atoms with van der Waals surface area (Å²) in [7, 11) is 0. The van der Waals surface area contributed by atoms with Crippen molar-refractivity contribution in [3.63, 3.8) is 0 Å². The van der Waals surface area contributed by atoms with Crippen molar-refractivity contribution >= 4 is 23.0 Å². The normalized spacial score (nSPS) is 15.5. The third-order valence-corrected chi connectivity index (χ3v) is 2.95. The van der Waals surface area contributed by atoms with Crippen molar-refractivity contribution in [2.24, 2.45) is 11.0 Å². The van der Waals surface area contributed by atoms with Crippen molar-refractivity contribution in [1.82, 2.24) is 10.4 Å². The van der Waals surface area contributed by atoms with Crippen LogP contribution in [0.3, 0.4) is 0 Å². The van der Waals surface area contributed by atoms with Crippen LogP contribution in [0.25, 0.3) is 10.9 Å². The fourth-order valence-corrected chi connectivity index (χ4v) is 1.80. The Labute approximate surface area is 98.7 Å². The lowest BCUT2D eigenvalue weighted by atomic mass is 10.2. The monoisotopic (exact) mass is 227 g/mol. The van der Waals surface area contributed by atoms with Crippen LogP contribution in [0.1, 0.15) is 18.4 Å². The van der Waals surface area contributed by atoms with Crippen LogP contribution in [-0.4, -0.2) is 17.1 Å². The molecular formula is C13H13N3O. The number of carbonyl (C=O) groups excluding carboxylic acids is 1. The van der Waals surface area contributed by atoms with Gasteiger partial charge in [0.1, 0.15) is 0 Å². The number of hydrazone groups is 1. The van der Waals surface area contributed by atoms with Crippen LogP contribution in [-0.2, 0) is 4.79 Å². The molecule has 0 saturated heterocycles. The third kappa shape index (κ3) is 2.06. The maximum Gasteiger partial charge on any atom is 0.243 e. The number of carbonyl (C=O) groups is 1. The number of H-pyrrole nitrogens is 1. The standard InChI is InChI=1S/C13H13N3O/c17-13(9-5-6-9)16-15-8-10-7-14-12-4-2-1-3-11(10)12/h1-4,7-9,14H,5-6H2,(H,16,17)/b15-8-. The van der Waals surface area contributed by atoms with Gasteiger partial charge in [-0.3, -0.25) is 4.79 Å². The molecular weight excluding hydrogens is 214 g/mol. The Bertz CT molecular complexity index is 581. The highest BCUT2D eigenvalue weighted by Crippen LogP contribution is 2.28. The van der Waals surface area contributed by atoms with Gasteiger partial charge in [0, 0.05) is 28.6 Å². The number of amides is 1. The summed E-state index contributed by atoms with van der Waals surface area (Å²) in [6, 6.07) is 8.00. The summed E-state index contributed by atoms with van der Waals surface area (Å²) < 4.78 is 0. The van der Waals surface area contributed by atoms with Crippen molar-refractivity contribution in [2.75, 3.05) is 0 Å². The summed E-state index contributed by atoms with van der Waals surface area (Å²) in [5.74, 6) is 0.219. The first-order valence-corrected chi connectivity index (χ1v) is 5.73. The second-order valence-corrected chi connectivity index (χ2v) is 4.30. The zero-order chi connectivity index (χ0) is 11.7. The first kappa shape index (κ1) is 10.1. The van der Waals surface area contributed by atoms with Crippen molar-refractivity contribution in [1.29, 1.82) is 0 Å². The quantitative estimate of drug-likeness (QED) is 0.611. The molecule has 1 aromatic carbocycles. The largest absolute Gasteiger partial charge is 0.361 e. The predicted molar refractivity (Wildman–Crippen MR) is 66.8 cm³/mol. The van der Waals surface area contributed by atoms with Crippen molar-refractivity contribution in [3.05, 3.63) is 36.0 Å². The van der Waals surface area contributed by atoms with E-state index in [9.17, 15) is 4.79 Å². The number of nitrogens with one attached hydrogen (secondary N) is 2. The second kappa shape index (κ2) is 4.05. The van der Waals surface area contributed by atoms with Crippen LogP contribution >= 0.6 is 0 Å². The molecule has 17 heavy (non-hydrogen) atoms. The zero-order valence-corrected chi connectivity index (χ0v) is 9.31. The fraction of sp³-hybridized carbons (Fsp3) is 0.231. The molecule has 0 atom stereocenters. The molecule has 1 fully saturated rings. The molecule has 2 aromatic rings. The van der Waals surface area contributed by atoms with Gasteiger partial charge in [-0.15, -0.1) is 0 Å². The summed E-state index contributed by atoms with van der Waals surface area (Å²) in [4.78, 5) is 14.5. The van der Waals surface area contributed by atoms with E-state index in [-0.39, 0.29) is 11.8 Å². The summed E-state index contributed by atoms with van der Waals surface area (Å²) in [5.41, 5.74) is 4.62. The van der Waals surface area contributed by atoms with Gasteiger partial charge in [0.2, 0.25) is 5.91 Å². The lowest BCUT2D eigenvalue weighted by Gasteiger charge is -1.95. The predicted octanol–water partition coefficient (Wildman–Crippen LogP) is 2.03. The Morgan fingerprint density at radius 3 is 3.06 bits per heavy atom. The number of rotatable bonds is 3. The first-order chi connectivity index (χ1) is 8.34. The molecule has 1 aromatic heterocycles. The van der Waals surface area contributed by atoms with E-state index in [1.165, 1.54) is 0 Å². The summed E-state index contributed by atoms with van der Waals surface area (Å²) in [5, 5.41) is 5.09. The molecule has 1 heterocycles. The number of hydrogen-bond acceptors (Lipinski definition) is 2. The molecule has 4 heteroatoms. The number of fused-ring (bicyclic) bond motifs is 1. The first-order valence-electron chi connectivity index (χ1n) is 5.73. The molecule has 1 amide bonds. The van der Waals surface area contributed by atoms with E-state index in [0.29, 0.717) is 0 Å². The molecule has 4 nitrogen and oxygen atoms in total. The van der Waals surface area contributed by atoms with Crippen LogP contribution in [0, 0.1) is 5.92 Å². The van der Waals surface area contributed by atoms with Gasteiger partial charge in [-0.1, -0.05) is 18.2 Å². The van der Waals surface area contributed by atoms with Crippen molar-refractivity contribution < 1.29 is 4.79 Å². The van der Waals surface area contributed by atoms with Crippen LogP contribution in [0.2, 0.25) is 0 Å². The molecule has 1 aliphatic rings. The summed E-state index contributed by atoms with van der Waals surface area (Å²) >= 11 is 0. The van der Waals surface area contributed by atoms with E-state index in [1.807, 2.05) is 30.5 Å². The highest BCUT2D eigenvalue weighted by Gasteiger charge is 2.29. The highest BCUT2D eigenvalue weighted by molar-refractivity contribution is 5.99. The number of benzene rings is 1. The fourth-order valence-electron chi connectivity index (χ4n) is 1.80. The number of hydrogen-bond donors (Lipinski definition) is 2. The molecule has 3 rings (SSSR count). The van der Waals surface area contributed by atoms with E-state index in [2.05, 4.69) is 15.5 Å². The molecule has 0 bridgehead atoms. The smallest absolute Gasteiger partial charge is 0.243 e. The van der Waals surface area contributed by atoms with Crippen LogP contribution in [0.15, 0.2) is 35.6 Å². The Morgan fingerprint density at radius 2 is 2.24 bits per heavy atom. The molecule has 86 valence electrons. The Morgan fingerprint density at radius 1 is 1.41 bits per heavy atom. The maximum absolute atomic E-state index is 11.4. The molecule has 2 N–H and O–H groups in total. The van der Waals surface area contributed by atoms with E-state index >= 15 is 0 Å². The van der Waals surface area contributed by atoms with Crippen LogP contribution in [0.4, 0.5) is 0 Å². The molecule has 0 aliphatic heterocycles. The van der Waals surface area contributed by atoms with E-state index in [1.54, 1.807) is 6.21 Å². The minimum Gasteiger partial charge on any atom is -0.361 e. The van der Waals surface area contributed by atoms with Gasteiger partial charge in [-0.2, -0.15) is 5.10 Å². The Balaban J connectivity index is 1.75. The van der Waals surface area contributed by atoms with Gasteiger partial charge >= 0.3 is 0 Å². The Hall–Kier alpha value is -2.10. The molecule has 1 saturated carbocycles. The molecule has 0 radical (unpaired) electrons. The minimum absolute atomic E-state index is 0.0288. The molecule has 0 spiro atoms. The van der Waals surface area contributed by atoms with E-state index in [0.717, 1.165) is 29.3 Å². The highest BCUT2D eigenvalue weighted by atomic mass is 16.2.